The number of nitrogen functional groups attached to an aromatic ring is 1. The Balaban J connectivity index is 2.26. The van der Waals surface area contributed by atoms with E-state index in [9.17, 15) is 0 Å². The number of hydrogen-bond acceptors (Lipinski definition) is 6. The van der Waals surface area contributed by atoms with Gasteiger partial charge < -0.3 is 15.8 Å². The fraction of sp³-hybridized carbons (Fsp3) is 0.357. The van der Waals surface area contributed by atoms with E-state index in [0.29, 0.717) is 6.61 Å². The summed E-state index contributed by atoms with van der Waals surface area (Å²) in [5, 5.41) is 3.34. The molecular weight excluding hydrogens is 254 g/mol. The first kappa shape index (κ1) is 14.2. The molecule has 0 aromatic carbocycles. The van der Waals surface area contributed by atoms with Crippen molar-refractivity contribution in [1.29, 1.82) is 0 Å². The van der Waals surface area contributed by atoms with Gasteiger partial charge in [-0.2, -0.15) is 4.98 Å². The zero-order valence-electron chi connectivity index (χ0n) is 11.7. The van der Waals surface area contributed by atoms with Crippen molar-refractivity contribution in [2.24, 2.45) is 0 Å². The molecule has 2 aromatic heterocycles. The number of hydrogen-bond donors (Lipinski definition) is 2. The van der Waals surface area contributed by atoms with Crippen LogP contribution in [-0.2, 0) is 11.2 Å². The van der Waals surface area contributed by atoms with E-state index in [1.807, 2.05) is 25.1 Å². The third-order valence-electron chi connectivity index (χ3n) is 2.95. The maximum absolute atomic E-state index is 5.66. The molecule has 20 heavy (non-hydrogen) atoms. The topological polar surface area (TPSA) is 86.0 Å². The Labute approximate surface area is 118 Å². The normalized spacial score (nSPS) is 12.1. The number of methoxy groups -OCH3 is 1. The van der Waals surface area contributed by atoms with Gasteiger partial charge in [-0.15, -0.1) is 0 Å². The van der Waals surface area contributed by atoms with Crippen LogP contribution in [0.5, 0.6) is 0 Å². The van der Waals surface area contributed by atoms with Crippen molar-refractivity contribution in [2.75, 3.05) is 24.8 Å². The van der Waals surface area contributed by atoms with E-state index in [2.05, 4.69) is 20.3 Å². The number of pyridine rings is 1. The fourth-order valence-corrected chi connectivity index (χ4v) is 1.92. The number of aromatic nitrogens is 3. The summed E-state index contributed by atoms with van der Waals surface area (Å²) in [6, 6.07) is 5.70. The van der Waals surface area contributed by atoms with Crippen LogP contribution < -0.4 is 11.1 Å². The molecule has 0 saturated heterocycles. The Morgan fingerprint density at radius 1 is 1.35 bits per heavy atom. The molecule has 0 aliphatic carbocycles. The summed E-state index contributed by atoms with van der Waals surface area (Å²) in [5.41, 5.74) is 7.57. The molecule has 0 fully saturated rings. The van der Waals surface area contributed by atoms with Gasteiger partial charge in [0.2, 0.25) is 5.95 Å². The Morgan fingerprint density at radius 2 is 2.20 bits per heavy atom. The lowest BCUT2D eigenvalue weighted by molar-refractivity contribution is 0.185. The molecule has 0 bridgehead atoms. The summed E-state index contributed by atoms with van der Waals surface area (Å²) >= 11 is 0. The van der Waals surface area contributed by atoms with Crippen LogP contribution in [0.4, 0.5) is 11.8 Å². The molecule has 106 valence electrons. The first-order valence-corrected chi connectivity index (χ1v) is 6.52. The molecular formula is C14H19N5O. The third kappa shape index (κ3) is 3.42. The van der Waals surface area contributed by atoms with Crippen LogP contribution in [0, 0.1) is 0 Å². The molecule has 3 N–H and O–H groups in total. The Kier molecular flexibility index (Phi) is 4.84. The number of nitrogens with zero attached hydrogens (tertiary/aromatic N) is 3. The van der Waals surface area contributed by atoms with Gasteiger partial charge in [0, 0.05) is 25.1 Å². The summed E-state index contributed by atoms with van der Waals surface area (Å²) in [4.78, 5) is 12.6. The lowest BCUT2D eigenvalue weighted by atomic mass is 10.1. The summed E-state index contributed by atoms with van der Waals surface area (Å²) in [6.45, 7) is 2.54. The second-order valence-corrected chi connectivity index (χ2v) is 4.36. The van der Waals surface area contributed by atoms with Crippen molar-refractivity contribution in [3.8, 4) is 0 Å². The van der Waals surface area contributed by atoms with Crippen LogP contribution in [0.25, 0.3) is 0 Å². The highest BCUT2D eigenvalue weighted by molar-refractivity contribution is 5.47. The number of nitrogens with two attached hydrogens (primary N) is 1. The molecule has 0 spiro atoms. The second-order valence-electron chi connectivity index (χ2n) is 4.36. The summed E-state index contributed by atoms with van der Waals surface area (Å²) < 4.78 is 5.26. The van der Waals surface area contributed by atoms with E-state index in [1.165, 1.54) is 0 Å². The van der Waals surface area contributed by atoms with E-state index in [1.54, 1.807) is 19.5 Å². The smallest absolute Gasteiger partial charge is 0.221 e. The molecule has 0 saturated carbocycles. The van der Waals surface area contributed by atoms with Gasteiger partial charge in [-0.1, -0.05) is 13.0 Å². The molecule has 2 heterocycles. The zero-order valence-corrected chi connectivity index (χ0v) is 11.7. The average molecular weight is 273 g/mol. The van der Waals surface area contributed by atoms with E-state index in [4.69, 9.17) is 10.5 Å². The number of ether oxygens (including phenoxy) is 1. The summed E-state index contributed by atoms with van der Waals surface area (Å²) in [5.74, 6) is 0.981. The van der Waals surface area contributed by atoms with Gasteiger partial charge in [-0.3, -0.25) is 4.98 Å². The summed E-state index contributed by atoms with van der Waals surface area (Å²) in [6.07, 6.45) is 4.33. The first-order valence-electron chi connectivity index (χ1n) is 6.52. The molecule has 0 radical (unpaired) electrons. The van der Waals surface area contributed by atoms with Crippen molar-refractivity contribution in [2.45, 2.75) is 19.4 Å². The predicted octanol–water partition coefficient (Wildman–Crippen LogP) is 1.82. The molecule has 6 nitrogen and oxygen atoms in total. The molecule has 0 aliphatic heterocycles. The predicted molar refractivity (Wildman–Crippen MR) is 78.3 cm³/mol. The lowest BCUT2D eigenvalue weighted by Crippen LogP contribution is -2.19. The summed E-state index contributed by atoms with van der Waals surface area (Å²) in [7, 11) is 1.66. The highest BCUT2D eigenvalue weighted by atomic mass is 16.5. The number of nitrogens with one attached hydrogen (secondary N) is 1. The third-order valence-corrected chi connectivity index (χ3v) is 2.95. The molecule has 2 aromatic rings. The standard InChI is InChI=1S/C14H19N5O/c1-3-10-8-17-14(15)19-13(10)18-12(9-20-2)11-6-4-5-7-16-11/h4-8,12H,3,9H2,1-2H3,(H3,15,17,18,19)/t12-/m0/s1. The number of anilines is 2. The van der Waals surface area contributed by atoms with E-state index in [0.717, 1.165) is 23.5 Å². The molecule has 0 unspecified atom stereocenters. The maximum Gasteiger partial charge on any atom is 0.221 e. The van der Waals surface area contributed by atoms with Crippen LogP contribution >= 0.6 is 0 Å². The Hall–Kier alpha value is -2.21. The van der Waals surface area contributed by atoms with Crippen LogP contribution in [0.2, 0.25) is 0 Å². The fourth-order valence-electron chi connectivity index (χ4n) is 1.92. The van der Waals surface area contributed by atoms with Crippen molar-refractivity contribution < 1.29 is 4.74 Å². The van der Waals surface area contributed by atoms with E-state index in [-0.39, 0.29) is 12.0 Å². The largest absolute Gasteiger partial charge is 0.382 e. The van der Waals surface area contributed by atoms with Gasteiger partial charge in [-0.25, -0.2) is 4.98 Å². The van der Waals surface area contributed by atoms with Gasteiger partial charge >= 0.3 is 0 Å². The van der Waals surface area contributed by atoms with Gasteiger partial charge in [-0.05, 0) is 18.6 Å². The molecule has 6 heteroatoms. The second kappa shape index (κ2) is 6.81. The van der Waals surface area contributed by atoms with Crippen LogP contribution in [0.15, 0.2) is 30.6 Å². The van der Waals surface area contributed by atoms with Crippen molar-refractivity contribution >= 4 is 11.8 Å². The van der Waals surface area contributed by atoms with Crippen LogP contribution in [0.1, 0.15) is 24.2 Å². The number of rotatable bonds is 6. The van der Waals surface area contributed by atoms with Crippen molar-refractivity contribution in [1.82, 2.24) is 15.0 Å². The Bertz CT molecular complexity index is 547. The minimum Gasteiger partial charge on any atom is -0.382 e. The van der Waals surface area contributed by atoms with Crippen LogP contribution in [0.3, 0.4) is 0 Å². The van der Waals surface area contributed by atoms with Gasteiger partial charge in [0.05, 0.1) is 18.3 Å². The van der Waals surface area contributed by atoms with Crippen molar-refractivity contribution in [3.05, 3.63) is 41.9 Å². The molecule has 0 aliphatic rings. The molecule has 1 atom stereocenters. The van der Waals surface area contributed by atoms with Gasteiger partial charge in [0.15, 0.2) is 0 Å². The highest BCUT2D eigenvalue weighted by Crippen LogP contribution is 2.20. The average Bonchev–Trinajstić information content (AvgIpc) is 2.48. The van der Waals surface area contributed by atoms with Gasteiger partial charge in [0.1, 0.15) is 5.82 Å². The Morgan fingerprint density at radius 3 is 2.85 bits per heavy atom. The zero-order chi connectivity index (χ0) is 14.4. The lowest BCUT2D eigenvalue weighted by Gasteiger charge is -2.19. The quantitative estimate of drug-likeness (QED) is 0.835. The minimum atomic E-state index is -0.0826. The molecule has 0 amide bonds. The first-order chi connectivity index (χ1) is 9.74. The van der Waals surface area contributed by atoms with E-state index >= 15 is 0 Å². The van der Waals surface area contributed by atoms with Crippen LogP contribution in [-0.4, -0.2) is 28.7 Å². The maximum atomic E-state index is 5.66. The monoisotopic (exact) mass is 273 g/mol. The SMILES string of the molecule is CCc1cnc(N)nc1N[C@@H](COC)c1ccccn1. The minimum absolute atomic E-state index is 0.0826. The number of aryl methyl sites for hydroxylation is 1. The van der Waals surface area contributed by atoms with Gasteiger partial charge in [0.25, 0.3) is 0 Å². The highest BCUT2D eigenvalue weighted by Gasteiger charge is 2.15. The van der Waals surface area contributed by atoms with E-state index < -0.39 is 0 Å². The molecule has 2 rings (SSSR count). The van der Waals surface area contributed by atoms with Crippen molar-refractivity contribution in [3.63, 3.8) is 0 Å².